The van der Waals surface area contributed by atoms with E-state index in [2.05, 4.69) is 0 Å². The summed E-state index contributed by atoms with van der Waals surface area (Å²) in [5.74, 6) is 0.983. The van der Waals surface area contributed by atoms with E-state index in [4.69, 9.17) is 11.6 Å². The second-order valence-electron chi connectivity index (χ2n) is 4.30. The Bertz CT molecular complexity index is 381. The lowest BCUT2D eigenvalue weighted by molar-refractivity contribution is -0.125. The van der Waals surface area contributed by atoms with Crippen LogP contribution in [0.25, 0.3) is 0 Å². The van der Waals surface area contributed by atoms with Crippen molar-refractivity contribution in [2.45, 2.75) is 24.7 Å². The average molecular weight is 255 g/mol. The smallest absolute Gasteiger partial charge is 0.153 e. The van der Waals surface area contributed by atoms with Crippen molar-refractivity contribution in [2.24, 2.45) is 0 Å². The lowest BCUT2D eigenvalue weighted by Crippen LogP contribution is -2.43. The molecule has 0 spiro atoms. The second kappa shape index (κ2) is 4.80. The maximum atomic E-state index is 12.2. The highest BCUT2D eigenvalue weighted by molar-refractivity contribution is 7.99. The fraction of sp³-hybridized carbons (Fsp3) is 0.462. The zero-order chi connectivity index (χ0) is 11.6. The van der Waals surface area contributed by atoms with E-state index in [1.807, 2.05) is 30.5 Å². The molecule has 1 aliphatic rings. The van der Waals surface area contributed by atoms with E-state index >= 15 is 0 Å². The number of benzene rings is 1. The maximum Gasteiger partial charge on any atom is 0.153 e. The summed E-state index contributed by atoms with van der Waals surface area (Å²) in [5.41, 5.74) is 0.940. The van der Waals surface area contributed by atoms with Crippen LogP contribution in [0.3, 0.4) is 0 Å². The summed E-state index contributed by atoms with van der Waals surface area (Å²) in [6, 6.07) is 7.76. The van der Waals surface area contributed by atoms with Gasteiger partial charge in [-0.3, -0.25) is 4.79 Å². The Balaban J connectivity index is 2.27. The van der Waals surface area contributed by atoms with Gasteiger partial charge in [-0.2, -0.15) is 11.8 Å². The molecular weight excluding hydrogens is 240 g/mol. The SMILES string of the molecule is CSCC(=O)C1(c2ccc(Cl)cc2)CCC1. The molecule has 1 saturated carbocycles. The molecule has 0 N–H and O–H groups in total. The number of ketones is 1. The Hall–Kier alpha value is -0.470. The van der Waals surface area contributed by atoms with E-state index in [0.717, 1.165) is 29.8 Å². The summed E-state index contributed by atoms with van der Waals surface area (Å²) in [6.07, 6.45) is 5.12. The minimum Gasteiger partial charge on any atom is -0.298 e. The van der Waals surface area contributed by atoms with E-state index in [0.29, 0.717) is 11.5 Å². The molecule has 1 aromatic rings. The minimum absolute atomic E-state index is 0.201. The van der Waals surface area contributed by atoms with E-state index in [1.165, 1.54) is 0 Å². The highest BCUT2D eigenvalue weighted by Crippen LogP contribution is 2.45. The van der Waals surface area contributed by atoms with Crippen LogP contribution >= 0.6 is 23.4 Å². The largest absolute Gasteiger partial charge is 0.298 e. The number of carbonyl (C=O) groups is 1. The van der Waals surface area contributed by atoms with Gasteiger partial charge in [-0.25, -0.2) is 0 Å². The third-order valence-corrected chi connectivity index (χ3v) is 4.22. The first kappa shape index (κ1) is 12.0. The lowest BCUT2D eigenvalue weighted by atomic mass is 9.62. The molecule has 0 atom stereocenters. The predicted octanol–water partition coefficient (Wildman–Crippen LogP) is 3.69. The predicted molar refractivity (Wildman–Crippen MR) is 70.4 cm³/mol. The van der Waals surface area contributed by atoms with Gasteiger partial charge in [0.2, 0.25) is 0 Å². The Morgan fingerprint density at radius 1 is 1.38 bits per heavy atom. The summed E-state index contributed by atoms with van der Waals surface area (Å²) >= 11 is 7.48. The molecule has 86 valence electrons. The van der Waals surface area contributed by atoms with Crippen molar-refractivity contribution in [1.82, 2.24) is 0 Å². The summed E-state index contributed by atoms with van der Waals surface area (Å²) in [5, 5.41) is 0.732. The van der Waals surface area contributed by atoms with Crippen LogP contribution in [0.2, 0.25) is 5.02 Å². The molecule has 1 nitrogen and oxygen atoms in total. The molecule has 0 saturated heterocycles. The van der Waals surface area contributed by atoms with Gasteiger partial charge >= 0.3 is 0 Å². The van der Waals surface area contributed by atoms with E-state index < -0.39 is 0 Å². The molecule has 0 amide bonds. The average Bonchev–Trinajstić information content (AvgIpc) is 2.19. The number of thioether (sulfide) groups is 1. The van der Waals surface area contributed by atoms with Crippen LogP contribution in [-0.4, -0.2) is 17.8 Å². The van der Waals surface area contributed by atoms with Crippen molar-refractivity contribution in [3.05, 3.63) is 34.9 Å². The van der Waals surface area contributed by atoms with Gasteiger partial charge in [-0.05, 0) is 36.8 Å². The second-order valence-corrected chi connectivity index (χ2v) is 5.60. The van der Waals surface area contributed by atoms with Gasteiger partial charge in [0.1, 0.15) is 0 Å². The quantitative estimate of drug-likeness (QED) is 0.815. The molecule has 1 aliphatic carbocycles. The minimum atomic E-state index is -0.201. The van der Waals surface area contributed by atoms with Gasteiger partial charge < -0.3 is 0 Å². The Morgan fingerprint density at radius 2 is 2.00 bits per heavy atom. The number of halogens is 1. The van der Waals surface area contributed by atoms with Gasteiger partial charge in [-0.15, -0.1) is 0 Å². The van der Waals surface area contributed by atoms with Gasteiger partial charge in [-0.1, -0.05) is 30.2 Å². The summed E-state index contributed by atoms with van der Waals surface area (Å²) in [4.78, 5) is 12.2. The van der Waals surface area contributed by atoms with Crippen LogP contribution in [-0.2, 0) is 10.2 Å². The third-order valence-electron chi connectivity index (χ3n) is 3.41. The highest BCUT2D eigenvalue weighted by atomic mass is 35.5. The van der Waals surface area contributed by atoms with Gasteiger partial charge in [0.25, 0.3) is 0 Å². The molecule has 0 unspecified atom stereocenters. The normalized spacial score (nSPS) is 17.9. The van der Waals surface area contributed by atoms with Gasteiger partial charge in [0, 0.05) is 5.02 Å². The molecule has 0 radical (unpaired) electrons. The molecule has 0 aromatic heterocycles. The number of carbonyl (C=O) groups excluding carboxylic acids is 1. The molecule has 2 rings (SSSR count). The number of rotatable bonds is 4. The van der Waals surface area contributed by atoms with Gasteiger partial charge in [0.05, 0.1) is 11.2 Å². The van der Waals surface area contributed by atoms with Crippen molar-refractivity contribution >= 4 is 29.1 Å². The Morgan fingerprint density at radius 3 is 2.44 bits per heavy atom. The number of hydrogen-bond donors (Lipinski definition) is 0. The highest BCUT2D eigenvalue weighted by Gasteiger charge is 2.44. The van der Waals surface area contributed by atoms with E-state index in [-0.39, 0.29) is 5.41 Å². The molecule has 0 bridgehead atoms. The van der Waals surface area contributed by atoms with Crippen molar-refractivity contribution < 1.29 is 4.79 Å². The number of Topliss-reactive ketones (excluding diaryl/α,β-unsaturated/α-hetero) is 1. The number of hydrogen-bond acceptors (Lipinski definition) is 2. The van der Waals surface area contributed by atoms with E-state index in [9.17, 15) is 4.79 Å². The topological polar surface area (TPSA) is 17.1 Å². The first-order valence-electron chi connectivity index (χ1n) is 5.47. The molecule has 1 aromatic carbocycles. The summed E-state index contributed by atoms with van der Waals surface area (Å²) in [7, 11) is 0. The summed E-state index contributed by atoms with van der Waals surface area (Å²) in [6.45, 7) is 0. The standard InChI is InChI=1S/C13H15ClOS/c1-16-9-12(15)13(7-2-8-13)10-3-5-11(14)6-4-10/h3-6H,2,7-9H2,1H3. The lowest BCUT2D eigenvalue weighted by Gasteiger charge is -2.41. The molecule has 1 fully saturated rings. The molecule has 16 heavy (non-hydrogen) atoms. The molecule has 0 aliphatic heterocycles. The molecule has 3 heteroatoms. The van der Waals surface area contributed by atoms with Crippen LogP contribution in [0.5, 0.6) is 0 Å². The third kappa shape index (κ3) is 2.01. The maximum absolute atomic E-state index is 12.2. The zero-order valence-corrected chi connectivity index (χ0v) is 10.9. The van der Waals surface area contributed by atoms with Crippen LogP contribution in [0, 0.1) is 0 Å². The monoisotopic (exact) mass is 254 g/mol. The van der Waals surface area contributed by atoms with Crippen LogP contribution < -0.4 is 0 Å². The first-order chi connectivity index (χ1) is 7.69. The van der Waals surface area contributed by atoms with Crippen molar-refractivity contribution in [3.63, 3.8) is 0 Å². The van der Waals surface area contributed by atoms with Crippen LogP contribution in [0.4, 0.5) is 0 Å². The van der Waals surface area contributed by atoms with Crippen LogP contribution in [0.15, 0.2) is 24.3 Å². The Labute approximate surface area is 106 Å². The Kier molecular flexibility index (Phi) is 3.60. The zero-order valence-electron chi connectivity index (χ0n) is 9.33. The van der Waals surface area contributed by atoms with Crippen molar-refractivity contribution in [3.8, 4) is 0 Å². The molecular formula is C13H15ClOS. The molecule has 0 heterocycles. The van der Waals surface area contributed by atoms with Gasteiger partial charge in [0.15, 0.2) is 5.78 Å². The van der Waals surface area contributed by atoms with E-state index in [1.54, 1.807) is 11.8 Å². The van der Waals surface area contributed by atoms with Crippen LogP contribution in [0.1, 0.15) is 24.8 Å². The first-order valence-corrected chi connectivity index (χ1v) is 7.24. The summed E-state index contributed by atoms with van der Waals surface area (Å²) < 4.78 is 0. The van der Waals surface area contributed by atoms with Crippen molar-refractivity contribution in [1.29, 1.82) is 0 Å². The fourth-order valence-corrected chi connectivity index (χ4v) is 2.96. The fourth-order valence-electron chi connectivity index (χ4n) is 2.30. The van der Waals surface area contributed by atoms with Crippen molar-refractivity contribution in [2.75, 3.05) is 12.0 Å².